The van der Waals surface area contributed by atoms with E-state index in [1.54, 1.807) is 28.6 Å². The zero-order valence-electron chi connectivity index (χ0n) is 28.1. The fourth-order valence-electron chi connectivity index (χ4n) is 6.98. The van der Waals surface area contributed by atoms with Crippen LogP contribution in [0.15, 0.2) is 59.5 Å². The molecule has 3 aromatic carbocycles. The number of amides is 1. The van der Waals surface area contributed by atoms with Gasteiger partial charge in [-0.05, 0) is 93.5 Å². The Morgan fingerprint density at radius 1 is 1.11 bits per heavy atom. The molecule has 0 aliphatic carbocycles. The molecule has 250 valence electrons. The molecule has 11 heteroatoms. The van der Waals surface area contributed by atoms with Crippen LogP contribution in [0.1, 0.15) is 74.3 Å². The summed E-state index contributed by atoms with van der Waals surface area (Å²) in [6, 6.07) is 17.3. The monoisotopic (exact) mass is 659 g/mol. The number of sulfonamides is 1. The number of aryl methyl sites for hydroxylation is 3. The molecule has 10 nitrogen and oxygen atoms in total. The first kappa shape index (κ1) is 33.1. The highest BCUT2D eigenvalue weighted by atomic mass is 32.2. The molecule has 2 aliphatic heterocycles. The van der Waals surface area contributed by atoms with E-state index in [0.717, 1.165) is 38.9 Å². The third-order valence-corrected chi connectivity index (χ3v) is 11.6. The Balaban J connectivity index is 1.44. The lowest BCUT2D eigenvalue weighted by Crippen LogP contribution is -2.50. The van der Waals surface area contributed by atoms with E-state index in [4.69, 9.17) is 9.47 Å². The van der Waals surface area contributed by atoms with Gasteiger partial charge in [0.25, 0.3) is 0 Å². The molecule has 1 fully saturated rings. The third-order valence-electron chi connectivity index (χ3n) is 9.74. The lowest BCUT2D eigenvalue weighted by atomic mass is 9.74. The summed E-state index contributed by atoms with van der Waals surface area (Å²) in [5, 5.41) is 12.3. The van der Waals surface area contributed by atoms with Gasteiger partial charge in [0.15, 0.2) is 0 Å². The Morgan fingerprint density at radius 2 is 1.89 bits per heavy atom. The molecule has 47 heavy (non-hydrogen) atoms. The molecular weight excluding hydrogens is 614 g/mol. The number of carbonyl (C=O) groups is 1. The third kappa shape index (κ3) is 6.28. The van der Waals surface area contributed by atoms with E-state index in [-0.39, 0.29) is 41.8 Å². The first-order chi connectivity index (χ1) is 22.4. The van der Waals surface area contributed by atoms with E-state index in [1.807, 2.05) is 31.5 Å². The Morgan fingerprint density at radius 3 is 2.62 bits per heavy atom. The standard InChI is InChI=1S/C36H45N5O5S/c1-7-28-21-40(47(43,44)32-12-10-9-11-31(32)46-28)20-27-19-25(14-13-23(27)3)33(36(5,6)37-35(42)26-17-18-45-22-26)29-15-16-30-34(24(29)4)38-39-41(30)8-2/h9-16,19,26,28,33H,7-8,17-18,20-22H2,1-6H3,(H,37,42)/t26?,28-,33+/m1/s1. The first-order valence-corrected chi connectivity index (χ1v) is 18.0. The zero-order valence-corrected chi connectivity index (χ0v) is 28.9. The van der Waals surface area contributed by atoms with Crippen LogP contribution in [0, 0.1) is 19.8 Å². The fraction of sp³-hybridized carbons (Fsp3) is 0.472. The molecule has 0 radical (unpaired) electrons. The summed E-state index contributed by atoms with van der Waals surface area (Å²) in [5.74, 6) is -0.109. The van der Waals surface area contributed by atoms with Gasteiger partial charge < -0.3 is 14.8 Å². The van der Waals surface area contributed by atoms with E-state index in [0.29, 0.717) is 38.3 Å². The predicted molar refractivity (Wildman–Crippen MR) is 181 cm³/mol. The SMILES string of the molecule is CC[C@@H]1CN(Cc2cc([C@@H](c3ccc4c(nnn4CC)c3C)C(C)(C)NC(=O)C3CCOC3)ccc2C)S(=O)(=O)c2ccccc2O1. The molecule has 0 bridgehead atoms. The topological polar surface area (TPSA) is 116 Å². The largest absolute Gasteiger partial charge is 0.488 e. The molecule has 0 spiro atoms. The minimum atomic E-state index is -3.83. The maximum absolute atomic E-state index is 14.0. The number of hydrogen-bond donors (Lipinski definition) is 1. The van der Waals surface area contributed by atoms with Crippen molar-refractivity contribution in [3.63, 3.8) is 0 Å². The van der Waals surface area contributed by atoms with E-state index in [9.17, 15) is 13.2 Å². The van der Waals surface area contributed by atoms with Crippen LogP contribution in [0.3, 0.4) is 0 Å². The van der Waals surface area contributed by atoms with Gasteiger partial charge in [-0.3, -0.25) is 4.79 Å². The average Bonchev–Trinajstić information content (AvgIpc) is 3.72. The van der Waals surface area contributed by atoms with E-state index >= 15 is 0 Å². The van der Waals surface area contributed by atoms with Crippen molar-refractivity contribution in [3.05, 3.63) is 82.4 Å². The number of ether oxygens (including phenoxy) is 2. The molecule has 1 saturated heterocycles. The van der Waals surface area contributed by atoms with Gasteiger partial charge in [0.05, 0.1) is 24.6 Å². The first-order valence-electron chi connectivity index (χ1n) is 16.5. The van der Waals surface area contributed by atoms with Crippen molar-refractivity contribution in [1.82, 2.24) is 24.6 Å². The summed E-state index contributed by atoms with van der Waals surface area (Å²) in [6.45, 7) is 14.4. The molecule has 4 aromatic rings. The van der Waals surface area contributed by atoms with Gasteiger partial charge in [-0.1, -0.05) is 48.5 Å². The second-order valence-electron chi connectivity index (χ2n) is 13.3. The quantitative estimate of drug-likeness (QED) is 0.253. The number of nitrogens with zero attached hydrogens (tertiary/aromatic N) is 4. The van der Waals surface area contributed by atoms with E-state index in [2.05, 4.69) is 60.7 Å². The molecule has 1 N–H and O–H groups in total. The number of benzene rings is 3. The number of nitrogens with one attached hydrogen (secondary N) is 1. The van der Waals surface area contributed by atoms with Crippen LogP contribution in [0.5, 0.6) is 5.75 Å². The Kier molecular flexibility index (Phi) is 9.17. The van der Waals surface area contributed by atoms with Crippen LogP contribution in [0.4, 0.5) is 0 Å². The normalized spacial score (nSPS) is 20.4. The summed E-state index contributed by atoms with van der Waals surface area (Å²) in [4.78, 5) is 13.7. The molecule has 1 amide bonds. The lowest BCUT2D eigenvalue weighted by molar-refractivity contribution is -0.126. The lowest BCUT2D eigenvalue weighted by Gasteiger charge is -2.38. The molecule has 3 atom stereocenters. The summed E-state index contributed by atoms with van der Waals surface area (Å²) < 4.78 is 43.1. The number of aromatic nitrogens is 3. The van der Waals surface area contributed by atoms with Crippen LogP contribution in [0.25, 0.3) is 11.0 Å². The van der Waals surface area contributed by atoms with Crippen molar-refractivity contribution in [2.45, 2.75) is 89.9 Å². The van der Waals surface area contributed by atoms with Crippen LogP contribution < -0.4 is 10.1 Å². The molecule has 1 aromatic heterocycles. The molecule has 0 saturated carbocycles. The van der Waals surface area contributed by atoms with Crippen LogP contribution in [-0.4, -0.2) is 65.0 Å². The van der Waals surface area contributed by atoms with Crippen molar-refractivity contribution < 1.29 is 22.7 Å². The van der Waals surface area contributed by atoms with E-state index in [1.165, 1.54) is 0 Å². The Labute approximate surface area is 277 Å². The van der Waals surface area contributed by atoms with Gasteiger partial charge in [0, 0.05) is 31.2 Å². The van der Waals surface area contributed by atoms with Crippen molar-refractivity contribution >= 4 is 27.0 Å². The number of carbonyl (C=O) groups excluding carboxylic acids is 1. The number of hydrogen-bond acceptors (Lipinski definition) is 7. The summed E-state index contributed by atoms with van der Waals surface area (Å²) in [5.41, 5.74) is 5.94. The number of para-hydroxylation sites is 1. The van der Waals surface area contributed by atoms with Gasteiger partial charge in [0.2, 0.25) is 15.9 Å². The van der Waals surface area contributed by atoms with Gasteiger partial charge >= 0.3 is 0 Å². The number of rotatable bonds is 9. The second-order valence-corrected chi connectivity index (χ2v) is 15.2. The fourth-order valence-corrected chi connectivity index (χ4v) is 8.55. The van der Waals surface area contributed by atoms with Gasteiger partial charge in [0.1, 0.15) is 22.3 Å². The molecule has 1 unspecified atom stereocenters. The molecule has 6 rings (SSSR count). The molecule has 2 aliphatic rings. The van der Waals surface area contributed by atoms with Gasteiger partial charge in [-0.25, -0.2) is 13.1 Å². The average molecular weight is 660 g/mol. The van der Waals surface area contributed by atoms with Crippen molar-refractivity contribution in [1.29, 1.82) is 0 Å². The van der Waals surface area contributed by atoms with Gasteiger partial charge in [-0.2, -0.15) is 4.31 Å². The van der Waals surface area contributed by atoms with E-state index < -0.39 is 15.6 Å². The molecular formula is C36H45N5O5S. The maximum atomic E-state index is 14.0. The zero-order chi connectivity index (χ0) is 33.5. The van der Waals surface area contributed by atoms with Crippen LogP contribution in [0.2, 0.25) is 0 Å². The summed E-state index contributed by atoms with van der Waals surface area (Å²) in [7, 11) is -3.83. The molecule has 3 heterocycles. The summed E-state index contributed by atoms with van der Waals surface area (Å²) in [6.07, 6.45) is 1.10. The van der Waals surface area contributed by atoms with Crippen LogP contribution >= 0.6 is 0 Å². The summed E-state index contributed by atoms with van der Waals surface area (Å²) >= 11 is 0. The van der Waals surface area contributed by atoms with Crippen molar-refractivity contribution in [2.75, 3.05) is 19.8 Å². The maximum Gasteiger partial charge on any atom is 0.247 e. The highest BCUT2D eigenvalue weighted by Gasteiger charge is 2.39. The second kappa shape index (κ2) is 13.0. The van der Waals surface area contributed by atoms with Crippen molar-refractivity contribution in [2.24, 2.45) is 5.92 Å². The Hall–Kier alpha value is -3.80. The van der Waals surface area contributed by atoms with Crippen molar-refractivity contribution in [3.8, 4) is 5.75 Å². The minimum absolute atomic E-state index is 0.0274. The Bertz CT molecular complexity index is 1900. The van der Waals surface area contributed by atoms with Crippen LogP contribution in [-0.2, 0) is 32.6 Å². The smallest absolute Gasteiger partial charge is 0.247 e. The number of fused-ring (bicyclic) bond motifs is 2. The van der Waals surface area contributed by atoms with Gasteiger partial charge in [-0.15, -0.1) is 5.10 Å². The highest BCUT2D eigenvalue weighted by molar-refractivity contribution is 7.89. The predicted octanol–water partition coefficient (Wildman–Crippen LogP) is 5.49. The minimum Gasteiger partial charge on any atom is -0.488 e. The highest BCUT2D eigenvalue weighted by Crippen LogP contribution is 2.40.